The number of esters is 2. The number of rotatable bonds is 9. The van der Waals surface area contributed by atoms with Crippen molar-refractivity contribution in [3.05, 3.63) is 41.1 Å². The number of hydrogen-bond donors (Lipinski definition) is 1. The van der Waals surface area contributed by atoms with Gasteiger partial charge in [0.05, 0.1) is 26.8 Å². The van der Waals surface area contributed by atoms with Gasteiger partial charge in [-0.25, -0.2) is 23.7 Å². The Kier molecular flexibility index (Phi) is 10.8. The number of hydrogen-bond acceptors (Lipinski definition) is 9. The van der Waals surface area contributed by atoms with Gasteiger partial charge in [0.25, 0.3) is 0 Å². The highest BCUT2D eigenvalue weighted by Crippen LogP contribution is 2.32. The van der Waals surface area contributed by atoms with Gasteiger partial charge in [-0.05, 0) is 84.6 Å². The van der Waals surface area contributed by atoms with Gasteiger partial charge in [-0.15, -0.1) is 0 Å². The first-order chi connectivity index (χ1) is 18.6. The highest BCUT2D eigenvalue weighted by molar-refractivity contribution is 6.13. The number of amides is 1. The molecule has 0 unspecified atom stereocenters. The topological polar surface area (TPSA) is 131 Å². The first-order valence-corrected chi connectivity index (χ1v) is 12.9. The summed E-state index contributed by atoms with van der Waals surface area (Å²) in [6.07, 6.45) is 1.05. The van der Waals surface area contributed by atoms with Gasteiger partial charge in [0.15, 0.2) is 0 Å². The van der Waals surface area contributed by atoms with Crippen LogP contribution in [0.4, 0.5) is 9.59 Å². The molecule has 1 heterocycles. The molecule has 0 aliphatic heterocycles. The number of methoxy groups -OCH3 is 3. The summed E-state index contributed by atoms with van der Waals surface area (Å²) < 4.78 is 27.4. The van der Waals surface area contributed by atoms with E-state index in [1.165, 1.54) is 24.9 Å². The summed E-state index contributed by atoms with van der Waals surface area (Å²) in [7, 11) is 3.88. The monoisotopic (exact) mass is 560 g/mol. The van der Waals surface area contributed by atoms with Gasteiger partial charge >= 0.3 is 24.1 Å². The van der Waals surface area contributed by atoms with Crippen molar-refractivity contribution in [1.29, 1.82) is 0 Å². The molecule has 2 rings (SSSR count). The second kappa shape index (κ2) is 13.4. The standard InChI is InChI=1S/C29H40N2O9/c1-28(2,3)39-26(34)30-16-15-19-21-17-18(36-7)13-14-23(21)31(27(35)40-29(4,5)6)22(19)12-10-11-20(24(32)37-8)25(33)38-9/h11,13-14,17H,10,12,15-16H2,1-9H3,(H,30,34). The Morgan fingerprint density at radius 3 is 2.00 bits per heavy atom. The normalized spacial score (nSPS) is 11.4. The predicted octanol–water partition coefficient (Wildman–Crippen LogP) is 4.71. The number of ether oxygens (including phenoxy) is 5. The average molecular weight is 561 g/mol. The highest BCUT2D eigenvalue weighted by Gasteiger charge is 2.27. The van der Waals surface area contributed by atoms with Crippen LogP contribution in [0.5, 0.6) is 5.75 Å². The van der Waals surface area contributed by atoms with Crippen LogP contribution < -0.4 is 10.1 Å². The number of alkyl carbamates (subject to hydrolysis) is 1. The largest absolute Gasteiger partial charge is 0.497 e. The maximum atomic E-state index is 13.5. The molecular weight excluding hydrogens is 520 g/mol. The molecule has 0 aliphatic carbocycles. The molecule has 0 atom stereocenters. The van der Waals surface area contributed by atoms with Crippen LogP contribution in [0, 0.1) is 0 Å². The van der Waals surface area contributed by atoms with Crippen molar-refractivity contribution < 1.29 is 42.9 Å². The molecule has 1 N–H and O–H groups in total. The van der Waals surface area contributed by atoms with Crippen molar-refractivity contribution in [2.45, 2.75) is 72.0 Å². The lowest BCUT2D eigenvalue weighted by Gasteiger charge is -2.21. The highest BCUT2D eigenvalue weighted by atomic mass is 16.6. The fraction of sp³-hybridized carbons (Fsp3) is 0.517. The first kappa shape index (κ1) is 32.2. The van der Waals surface area contributed by atoms with Crippen LogP contribution in [0.25, 0.3) is 10.9 Å². The minimum atomic E-state index is -0.828. The fourth-order valence-electron chi connectivity index (χ4n) is 4.00. The van der Waals surface area contributed by atoms with E-state index >= 15 is 0 Å². The molecule has 0 saturated carbocycles. The zero-order valence-electron chi connectivity index (χ0n) is 24.8. The second-order valence-corrected chi connectivity index (χ2v) is 10.9. The molecule has 11 nitrogen and oxygen atoms in total. The summed E-state index contributed by atoms with van der Waals surface area (Å²) >= 11 is 0. The van der Waals surface area contributed by atoms with Crippen LogP contribution in [0.2, 0.25) is 0 Å². The molecule has 1 aromatic carbocycles. The van der Waals surface area contributed by atoms with Gasteiger partial charge in [-0.1, -0.05) is 6.08 Å². The number of allylic oxidation sites excluding steroid dienone is 1. The summed E-state index contributed by atoms with van der Waals surface area (Å²) in [5.74, 6) is -1.07. The Bertz CT molecular complexity index is 1260. The van der Waals surface area contributed by atoms with Crippen LogP contribution >= 0.6 is 0 Å². The van der Waals surface area contributed by atoms with Crippen LogP contribution in [0.3, 0.4) is 0 Å². The van der Waals surface area contributed by atoms with E-state index in [2.05, 4.69) is 5.32 Å². The number of aromatic nitrogens is 1. The second-order valence-electron chi connectivity index (χ2n) is 10.9. The van der Waals surface area contributed by atoms with Crippen molar-refractivity contribution in [1.82, 2.24) is 9.88 Å². The number of fused-ring (bicyclic) bond motifs is 1. The Morgan fingerprint density at radius 2 is 1.48 bits per heavy atom. The van der Waals surface area contributed by atoms with E-state index in [1.807, 2.05) is 6.07 Å². The molecule has 2 aromatic rings. The third-order valence-electron chi connectivity index (χ3n) is 5.55. The van der Waals surface area contributed by atoms with E-state index in [4.69, 9.17) is 23.7 Å². The fourth-order valence-corrected chi connectivity index (χ4v) is 4.00. The van der Waals surface area contributed by atoms with Gasteiger partial charge in [-0.3, -0.25) is 0 Å². The molecule has 0 fully saturated rings. The van der Waals surface area contributed by atoms with E-state index in [0.717, 1.165) is 10.9 Å². The number of carbonyl (C=O) groups excluding carboxylic acids is 4. The minimum absolute atomic E-state index is 0.197. The first-order valence-electron chi connectivity index (χ1n) is 12.9. The van der Waals surface area contributed by atoms with Crippen molar-refractivity contribution in [3.63, 3.8) is 0 Å². The third kappa shape index (κ3) is 8.75. The van der Waals surface area contributed by atoms with Crippen LogP contribution in [0.15, 0.2) is 29.8 Å². The van der Waals surface area contributed by atoms with E-state index in [0.29, 0.717) is 23.4 Å². The van der Waals surface area contributed by atoms with Gasteiger partial charge < -0.3 is 29.0 Å². The van der Waals surface area contributed by atoms with E-state index in [-0.39, 0.29) is 25.0 Å². The van der Waals surface area contributed by atoms with E-state index < -0.39 is 35.3 Å². The molecule has 1 amide bonds. The molecule has 11 heteroatoms. The lowest BCUT2D eigenvalue weighted by atomic mass is 10.0. The van der Waals surface area contributed by atoms with Gasteiger partial charge in [-0.2, -0.15) is 0 Å². The molecule has 220 valence electrons. The summed E-state index contributed by atoms with van der Waals surface area (Å²) in [6, 6.07) is 5.31. The summed E-state index contributed by atoms with van der Waals surface area (Å²) in [5.41, 5.74) is 0.273. The third-order valence-corrected chi connectivity index (χ3v) is 5.55. The maximum Gasteiger partial charge on any atom is 0.419 e. The summed E-state index contributed by atoms with van der Waals surface area (Å²) in [4.78, 5) is 50.0. The maximum absolute atomic E-state index is 13.5. The van der Waals surface area contributed by atoms with Crippen LogP contribution in [-0.2, 0) is 41.4 Å². The van der Waals surface area contributed by atoms with Crippen LogP contribution in [0.1, 0.15) is 59.2 Å². The van der Waals surface area contributed by atoms with Gasteiger partial charge in [0, 0.05) is 17.6 Å². The Labute approximate surface area is 234 Å². The molecule has 0 spiro atoms. The van der Waals surface area contributed by atoms with Crippen molar-refractivity contribution in [2.75, 3.05) is 27.9 Å². The minimum Gasteiger partial charge on any atom is -0.497 e. The number of carbonyl (C=O) groups is 4. The average Bonchev–Trinajstić information content (AvgIpc) is 3.16. The number of benzene rings is 1. The predicted molar refractivity (Wildman–Crippen MR) is 148 cm³/mol. The van der Waals surface area contributed by atoms with Crippen molar-refractivity contribution >= 4 is 35.0 Å². The van der Waals surface area contributed by atoms with E-state index in [1.54, 1.807) is 60.8 Å². The van der Waals surface area contributed by atoms with Crippen molar-refractivity contribution in [3.8, 4) is 5.75 Å². The Hall–Kier alpha value is -4.02. The Balaban J connectivity index is 2.60. The lowest BCUT2D eigenvalue weighted by Crippen LogP contribution is -2.33. The lowest BCUT2D eigenvalue weighted by molar-refractivity contribution is -0.144. The van der Waals surface area contributed by atoms with Gasteiger partial charge in [0.2, 0.25) is 0 Å². The molecule has 0 aliphatic rings. The summed E-state index contributed by atoms with van der Waals surface area (Å²) in [6.45, 7) is 10.9. The van der Waals surface area contributed by atoms with Crippen LogP contribution in [-0.4, -0.2) is 67.8 Å². The zero-order valence-corrected chi connectivity index (χ0v) is 24.8. The molecule has 0 saturated heterocycles. The number of nitrogens with zero attached hydrogens (tertiary/aromatic N) is 1. The molecular formula is C29H40N2O9. The Morgan fingerprint density at radius 1 is 0.875 bits per heavy atom. The molecule has 40 heavy (non-hydrogen) atoms. The SMILES string of the molecule is COC(=O)C(=CCCc1c(CCNC(=O)OC(C)(C)C)c2cc(OC)ccc2n1C(=O)OC(C)(C)C)C(=O)OC. The zero-order chi connectivity index (χ0) is 30.3. The summed E-state index contributed by atoms with van der Waals surface area (Å²) in [5, 5.41) is 3.48. The number of nitrogens with one attached hydrogen (secondary N) is 1. The van der Waals surface area contributed by atoms with Crippen molar-refractivity contribution in [2.24, 2.45) is 0 Å². The van der Waals surface area contributed by atoms with Gasteiger partial charge in [0.1, 0.15) is 22.5 Å². The molecule has 0 radical (unpaired) electrons. The molecule has 1 aromatic heterocycles. The quantitative estimate of drug-likeness (QED) is 0.152. The smallest absolute Gasteiger partial charge is 0.419 e. The van der Waals surface area contributed by atoms with E-state index in [9.17, 15) is 19.2 Å². The molecule has 0 bridgehead atoms.